The maximum atomic E-state index is 7.97. The second kappa shape index (κ2) is 16.3. The van der Waals surface area contributed by atoms with Crippen LogP contribution in [0.2, 0.25) is 0 Å². The van der Waals surface area contributed by atoms with E-state index >= 15 is 0 Å². The molecule has 382 valence electrons. The highest BCUT2D eigenvalue weighted by molar-refractivity contribution is 5.79. The summed E-state index contributed by atoms with van der Waals surface area (Å²) in [6.45, 7) is 32.5. The van der Waals surface area contributed by atoms with Gasteiger partial charge in [-0.2, -0.15) is 0 Å². The fraction of sp³-hybridized carbons (Fsp3) is 0.529. The molecule has 5 nitrogen and oxygen atoms in total. The zero-order valence-corrected chi connectivity index (χ0v) is 46.5. The molecule has 73 heavy (non-hydrogen) atoms. The molecular weight excluding hydrogens is 889 g/mol. The van der Waals surface area contributed by atoms with E-state index in [9.17, 15) is 0 Å². The number of rotatable bonds is 4. The predicted octanol–water partition coefficient (Wildman–Crippen LogP) is 15.0. The molecule has 3 fully saturated rings. The van der Waals surface area contributed by atoms with Crippen LogP contribution in [0.5, 0.6) is 5.75 Å². The third kappa shape index (κ3) is 7.34. The summed E-state index contributed by atoms with van der Waals surface area (Å²) in [6, 6.07) is 25.3. The molecule has 6 heterocycles. The number of benzene rings is 3. The molecule has 1 saturated carbocycles. The van der Waals surface area contributed by atoms with E-state index in [2.05, 4.69) is 231 Å². The third-order valence-electron chi connectivity index (χ3n) is 20.3. The van der Waals surface area contributed by atoms with E-state index in [0.29, 0.717) is 29.8 Å². The average molecular weight is 973 g/mol. The average Bonchev–Trinajstić information content (AvgIpc) is 3.94. The zero-order valence-electron chi connectivity index (χ0n) is 46.5. The lowest BCUT2D eigenvalue weighted by Gasteiger charge is -2.53. The van der Waals surface area contributed by atoms with Crippen molar-refractivity contribution in [2.45, 2.75) is 193 Å². The van der Waals surface area contributed by atoms with Gasteiger partial charge in [-0.3, -0.25) is 9.80 Å². The van der Waals surface area contributed by atoms with Crippen molar-refractivity contribution in [3.63, 3.8) is 0 Å². The lowest BCUT2D eigenvalue weighted by atomic mass is 9.65. The highest BCUT2D eigenvalue weighted by Gasteiger charge is 2.69. The molecule has 6 aliphatic heterocycles. The van der Waals surface area contributed by atoms with Crippen molar-refractivity contribution in [1.82, 2.24) is 9.80 Å². The molecule has 5 heteroatoms. The fourth-order valence-corrected chi connectivity index (χ4v) is 16.3. The van der Waals surface area contributed by atoms with Gasteiger partial charge in [0.05, 0.1) is 30.5 Å². The van der Waals surface area contributed by atoms with Crippen molar-refractivity contribution in [2.75, 3.05) is 16.3 Å². The molecule has 4 aliphatic carbocycles. The topological polar surface area (TPSA) is 22.2 Å². The quantitative estimate of drug-likeness (QED) is 0.242. The van der Waals surface area contributed by atoms with Crippen LogP contribution in [0.1, 0.15) is 156 Å². The van der Waals surface area contributed by atoms with Gasteiger partial charge in [0, 0.05) is 65.2 Å². The van der Waals surface area contributed by atoms with E-state index in [4.69, 9.17) is 4.74 Å². The van der Waals surface area contributed by atoms with E-state index < -0.39 is 0 Å². The number of fused-ring (bicyclic) bond motifs is 13. The SMILES string of the molecule is CC1C=CC(c2cc(N3C4C=C(C(C)(C)C)C=CC4N4C5CCCC6(C)Oc7ccc8c9c7CC(C(C34)C56)N3CC=C(C(C)(C)C)CC3N9C3C=CC(C(C)(C)c4ccccc4)=CC83)cc(C(C)(C)C)c2)=CC1. The van der Waals surface area contributed by atoms with Crippen LogP contribution in [-0.2, 0) is 17.3 Å². The minimum atomic E-state index is -0.316. The number of ether oxygens (including phenoxy) is 1. The van der Waals surface area contributed by atoms with Crippen LogP contribution >= 0.6 is 0 Å². The summed E-state index contributed by atoms with van der Waals surface area (Å²) in [7, 11) is 0. The van der Waals surface area contributed by atoms with Gasteiger partial charge in [-0.15, -0.1) is 0 Å². The Morgan fingerprint density at radius 1 is 0.685 bits per heavy atom. The van der Waals surface area contributed by atoms with Gasteiger partial charge in [0.15, 0.2) is 0 Å². The molecule has 3 aromatic carbocycles. The Kier molecular flexibility index (Phi) is 10.7. The van der Waals surface area contributed by atoms with Crippen LogP contribution in [0.3, 0.4) is 0 Å². The number of hydrogen-bond donors (Lipinski definition) is 0. The predicted molar refractivity (Wildman–Crippen MR) is 304 cm³/mol. The van der Waals surface area contributed by atoms with Gasteiger partial charge < -0.3 is 14.5 Å². The highest BCUT2D eigenvalue weighted by Crippen LogP contribution is 2.63. The van der Waals surface area contributed by atoms with Crippen molar-refractivity contribution in [3.05, 3.63) is 166 Å². The largest absolute Gasteiger partial charge is 0.487 e. The first kappa shape index (κ1) is 47.8. The first-order valence-electron chi connectivity index (χ1n) is 28.7. The Bertz CT molecular complexity index is 2980. The summed E-state index contributed by atoms with van der Waals surface area (Å²) in [5.74, 6) is 2.69. The maximum Gasteiger partial charge on any atom is 0.125 e. The molecule has 12 atom stereocenters. The second-order valence-corrected chi connectivity index (χ2v) is 28.2. The Labute approximate surface area is 439 Å². The minimum absolute atomic E-state index is 0.0158. The number of hydrogen-bond acceptors (Lipinski definition) is 5. The minimum Gasteiger partial charge on any atom is -0.487 e. The van der Waals surface area contributed by atoms with Gasteiger partial charge in [-0.1, -0.05) is 192 Å². The number of anilines is 2. The Morgan fingerprint density at radius 3 is 2.18 bits per heavy atom. The van der Waals surface area contributed by atoms with Crippen LogP contribution in [0, 0.1) is 28.6 Å². The molecule has 10 aliphatic rings. The summed E-state index contributed by atoms with van der Waals surface area (Å²) in [5.41, 5.74) is 15.5. The summed E-state index contributed by atoms with van der Waals surface area (Å²) >= 11 is 0. The molecule has 0 spiro atoms. The van der Waals surface area contributed by atoms with Crippen LogP contribution in [0.25, 0.3) is 5.57 Å². The molecule has 13 rings (SSSR count). The van der Waals surface area contributed by atoms with Gasteiger partial charge in [-0.25, -0.2) is 0 Å². The Balaban J connectivity index is 1.02. The van der Waals surface area contributed by atoms with Crippen molar-refractivity contribution < 1.29 is 4.74 Å². The smallest absolute Gasteiger partial charge is 0.125 e. The molecule has 2 bridgehead atoms. The highest BCUT2D eigenvalue weighted by atomic mass is 16.5. The maximum absolute atomic E-state index is 7.97. The molecule has 0 radical (unpaired) electrons. The molecule has 2 saturated heterocycles. The van der Waals surface area contributed by atoms with Gasteiger partial charge in [0.25, 0.3) is 0 Å². The lowest BCUT2D eigenvalue weighted by molar-refractivity contribution is -0.0636. The molecule has 12 unspecified atom stereocenters. The zero-order chi connectivity index (χ0) is 50.9. The second-order valence-electron chi connectivity index (χ2n) is 28.2. The van der Waals surface area contributed by atoms with E-state index in [1.54, 1.807) is 5.57 Å². The monoisotopic (exact) mass is 973 g/mol. The van der Waals surface area contributed by atoms with Crippen molar-refractivity contribution in [3.8, 4) is 5.75 Å². The standard InChI is InChI=1S/C68H84N4O/c1-41-21-23-42(24-22-41)43-34-48(66(8,9)10)36-49(35-43)70-56-38-45(64(2,3)4)25-29-54(56)71-55-20-17-32-68(13)61(55)60(63(70)71)57-40-52-58(73-68)30-27-50-51-37-47(67(11,12)44-18-15-14-16-19-44)26-28-53(51)72(62(50)52)59-39-46(65(5,6)7)31-33-69(57)59/h14-16,18-19,21,23-31,34-38,41,51,53-57,59-61,63H,17,20,22,32-33,39-40H2,1-13H3. The number of nitrogens with zero attached hydrogens (tertiary/aromatic N) is 4. The van der Waals surface area contributed by atoms with Crippen LogP contribution < -0.4 is 14.5 Å². The molecular formula is C68H84N4O. The molecule has 0 amide bonds. The summed E-state index contributed by atoms with van der Waals surface area (Å²) < 4.78 is 7.97. The van der Waals surface area contributed by atoms with Gasteiger partial charge in [-0.05, 0) is 118 Å². The van der Waals surface area contributed by atoms with Crippen LogP contribution in [0.15, 0.2) is 138 Å². The Hall–Kier alpha value is -4.84. The first-order chi connectivity index (χ1) is 34.6. The molecule has 0 aromatic heterocycles. The third-order valence-corrected chi connectivity index (χ3v) is 20.3. The molecule has 3 aromatic rings. The fourth-order valence-electron chi connectivity index (χ4n) is 16.3. The van der Waals surface area contributed by atoms with Crippen LogP contribution in [0.4, 0.5) is 11.4 Å². The van der Waals surface area contributed by atoms with Crippen LogP contribution in [-0.4, -0.2) is 64.5 Å². The summed E-state index contributed by atoms with van der Waals surface area (Å²) in [4.78, 5) is 12.2. The van der Waals surface area contributed by atoms with Gasteiger partial charge >= 0.3 is 0 Å². The van der Waals surface area contributed by atoms with Crippen molar-refractivity contribution in [2.24, 2.45) is 28.6 Å². The van der Waals surface area contributed by atoms with Gasteiger partial charge in [0.1, 0.15) is 11.4 Å². The lowest BCUT2D eigenvalue weighted by Crippen LogP contribution is -2.63. The first-order valence-corrected chi connectivity index (χ1v) is 28.7. The van der Waals surface area contributed by atoms with E-state index in [-0.39, 0.29) is 63.6 Å². The van der Waals surface area contributed by atoms with E-state index in [1.165, 1.54) is 68.8 Å². The van der Waals surface area contributed by atoms with Crippen molar-refractivity contribution >= 4 is 16.9 Å². The molecule has 0 N–H and O–H groups in total. The summed E-state index contributed by atoms with van der Waals surface area (Å²) in [6.07, 6.45) is 32.7. The normalized spacial score (nSPS) is 34.3. The van der Waals surface area contributed by atoms with E-state index in [0.717, 1.165) is 38.0 Å². The van der Waals surface area contributed by atoms with E-state index in [1.807, 2.05) is 0 Å². The Morgan fingerprint density at radius 2 is 1.45 bits per heavy atom. The summed E-state index contributed by atoms with van der Waals surface area (Å²) in [5, 5.41) is 0. The van der Waals surface area contributed by atoms with Gasteiger partial charge in [0.2, 0.25) is 0 Å². The number of allylic oxidation sites excluding steroid dienone is 8. The van der Waals surface area contributed by atoms with Crippen molar-refractivity contribution in [1.29, 1.82) is 0 Å².